The van der Waals surface area contributed by atoms with Crippen LogP contribution in [0.3, 0.4) is 0 Å². The van der Waals surface area contributed by atoms with Crippen LogP contribution in [0.25, 0.3) is 5.69 Å². The number of amides is 1. The smallest absolute Gasteiger partial charge is 0.254 e. The minimum absolute atomic E-state index is 0.0822. The second-order valence-corrected chi connectivity index (χ2v) is 7.25. The molecule has 1 aromatic heterocycles. The Bertz CT molecular complexity index is 812. The first kappa shape index (κ1) is 17.1. The van der Waals surface area contributed by atoms with Crippen LogP contribution < -0.4 is 5.32 Å². The maximum Gasteiger partial charge on any atom is 0.254 e. The summed E-state index contributed by atoms with van der Waals surface area (Å²) >= 11 is 0. The van der Waals surface area contributed by atoms with Crippen LogP contribution in [-0.4, -0.2) is 41.9 Å². The topological polar surface area (TPSA) is 93.9 Å². The first-order valence-corrected chi connectivity index (χ1v) is 8.93. The Kier molecular flexibility index (Phi) is 5.15. The summed E-state index contributed by atoms with van der Waals surface area (Å²) in [5, 5.41) is 10.2. The third-order valence-electron chi connectivity index (χ3n) is 3.53. The first-order chi connectivity index (χ1) is 10.9. The Morgan fingerprint density at radius 3 is 2.57 bits per heavy atom. The Balaban J connectivity index is 2.34. The Hall–Kier alpha value is -2.22. The van der Waals surface area contributed by atoms with E-state index in [-0.39, 0.29) is 29.7 Å². The van der Waals surface area contributed by atoms with E-state index in [4.69, 9.17) is 0 Å². The first-order valence-electron chi connectivity index (χ1n) is 7.28. The lowest BCUT2D eigenvalue weighted by molar-refractivity contribution is -0.120. The van der Waals surface area contributed by atoms with Crippen LogP contribution in [0.1, 0.15) is 24.2 Å². The number of rotatable bonds is 6. The molecule has 0 saturated heterocycles. The minimum atomic E-state index is -3.63. The molecule has 0 radical (unpaired) electrons. The van der Waals surface area contributed by atoms with Gasteiger partial charge >= 0.3 is 0 Å². The zero-order valence-corrected chi connectivity index (χ0v) is 14.2. The molecule has 8 heteroatoms. The summed E-state index contributed by atoms with van der Waals surface area (Å²) in [6.07, 6.45) is 0.398. The maximum atomic E-state index is 12.6. The number of nitrogens with one attached hydrogen (secondary N) is 1. The van der Waals surface area contributed by atoms with Crippen molar-refractivity contribution in [2.45, 2.75) is 31.8 Å². The number of para-hydroxylation sites is 1. The van der Waals surface area contributed by atoms with Crippen LogP contribution in [0.2, 0.25) is 0 Å². The molecular formula is C15H20N4O3S. The lowest BCUT2D eigenvalue weighted by Crippen LogP contribution is -2.20. The van der Waals surface area contributed by atoms with E-state index in [0.717, 1.165) is 11.3 Å². The summed E-state index contributed by atoms with van der Waals surface area (Å²) in [7, 11) is -2.11. The highest BCUT2D eigenvalue weighted by Crippen LogP contribution is 2.21. The molecule has 2 rings (SSSR count). The fourth-order valence-electron chi connectivity index (χ4n) is 2.27. The Morgan fingerprint density at radius 2 is 1.91 bits per heavy atom. The van der Waals surface area contributed by atoms with E-state index in [2.05, 4.69) is 15.5 Å². The SMILES string of the molecule is CNC(=O)CCCS(=O)(=O)c1nnc(C)n1-c1ccccc1C. The second-order valence-electron chi connectivity index (χ2n) is 5.25. The van der Waals surface area contributed by atoms with Crippen LogP contribution in [0, 0.1) is 13.8 Å². The van der Waals surface area contributed by atoms with E-state index in [0.29, 0.717) is 5.82 Å². The summed E-state index contributed by atoms with van der Waals surface area (Å²) in [5.41, 5.74) is 1.66. The average molecular weight is 336 g/mol. The summed E-state index contributed by atoms with van der Waals surface area (Å²) < 4.78 is 26.7. The summed E-state index contributed by atoms with van der Waals surface area (Å²) in [5.74, 6) is 0.172. The van der Waals surface area contributed by atoms with Crippen molar-refractivity contribution in [2.24, 2.45) is 0 Å². The molecule has 7 nitrogen and oxygen atoms in total. The number of hydrogen-bond acceptors (Lipinski definition) is 5. The zero-order valence-electron chi connectivity index (χ0n) is 13.4. The van der Waals surface area contributed by atoms with Crippen LogP contribution in [0.5, 0.6) is 0 Å². The van der Waals surface area contributed by atoms with E-state index in [1.807, 2.05) is 31.2 Å². The average Bonchev–Trinajstić information content (AvgIpc) is 2.90. The van der Waals surface area contributed by atoms with Crippen LogP contribution in [0.15, 0.2) is 29.4 Å². The molecule has 0 spiro atoms. The molecule has 0 aliphatic rings. The third kappa shape index (κ3) is 3.76. The predicted molar refractivity (Wildman–Crippen MR) is 86.2 cm³/mol. The van der Waals surface area contributed by atoms with Gasteiger partial charge in [0.25, 0.3) is 5.16 Å². The number of benzene rings is 1. The molecule has 0 aliphatic heterocycles. The number of aromatic nitrogens is 3. The molecule has 0 saturated carbocycles. The third-order valence-corrected chi connectivity index (χ3v) is 5.17. The molecular weight excluding hydrogens is 316 g/mol. The van der Waals surface area contributed by atoms with E-state index >= 15 is 0 Å². The van der Waals surface area contributed by atoms with Crippen molar-refractivity contribution in [3.05, 3.63) is 35.7 Å². The summed E-state index contributed by atoms with van der Waals surface area (Å²) in [4.78, 5) is 11.2. The van der Waals surface area contributed by atoms with Gasteiger partial charge in [-0.3, -0.25) is 9.36 Å². The monoisotopic (exact) mass is 336 g/mol. The molecule has 1 amide bonds. The lowest BCUT2D eigenvalue weighted by Gasteiger charge is -2.11. The number of aryl methyl sites for hydroxylation is 2. The standard InChI is InChI=1S/C15H20N4O3S/c1-11-7-4-5-8-13(11)19-12(2)17-18-15(19)23(21,22)10-6-9-14(20)16-3/h4-5,7-8H,6,9-10H2,1-3H3,(H,16,20). The van der Waals surface area contributed by atoms with Gasteiger partial charge < -0.3 is 5.32 Å². The number of carbonyl (C=O) groups is 1. The number of sulfone groups is 1. The lowest BCUT2D eigenvalue weighted by atomic mass is 10.2. The maximum absolute atomic E-state index is 12.6. The van der Waals surface area contributed by atoms with Crippen molar-refractivity contribution in [3.8, 4) is 5.69 Å². The van der Waals surface area contributed by atoms with Crippen molar-refractivity contribution in [2.75, 3.05) is 12.8 Å². The highest BCUT2D eigenvalue weighted by molar-refractivity contribution is 7.91. The number of nitrogens with zero attached hydrogens (tertiary/aromatic N) is 3. The van der Waals surface area contributed by atoms with Gasteiger partial charge in [-0.1, -0.05) is 18.2 Å². The normalized spacial score (nSPS) is 11.4. The van der Waals surface area contributed by atoms with Crippen LogP contribution in [0.4, 0.5) is 0 Å². The number of carbonyl (C=O) groups excluding carboxylic acids is 1. The van der Waals surface area contributed by atoms with E-state index < -0.39 is 9.84 Å². The van der Waals surface area contributed by atoms with Gasteiger partial charge in [0.2, 0.25) is 15.7 Å². The fraction of sp³-hybridized carbons (Fsp3) is 0.400. The molecule has 2 aromatic rings. The number of hydrogen-bond donors (Lipinski definition) is 1. The molecule has 0 unspecified atom stereocenters. The highest BCUT2D eigenvalue weighted by Gasteiger charge is 2.25. The van der Waals surface area contributed by atoms with Gasteiger partial charge in [0, 0.05) is 13.5 Å². The zero-order chi connectivity index (χ0) is 17.0. The summed E-state index contributed by atoms with van der Waals surface area (Å²) in [6, 6.07) is 7.45. The predicted octanol–water partition coefficient (Wildman–Crippen LogP) is 1.18. The minimum Gasteiger partial charge on any atom is -0.359 e. The summed E-state index contributed by atoms with van der Waals surface area (Å²) in [6.45, 7) is 3.61. The van der Waals surface area contributed by atoms with Gasteiger partial charge in [0.1, 0.15) is 5.82 Å². The Labute approximate surface area is 135 Å². The fourth-order valence-corrected chi connectivity index (χ4v) is 3.66. The van der Waals surface area contributed by atoms with Gasteiger partial charge in [-0.25, -0.2) is 8.42 Å². The molecule has 0 bridgehead atoms. The molecule has 0 fully saturated rings. The van der Waals surface area contributed by atoms with Gasteiger partial charge in [0.05, 0.1) is 11.4 Å². The van der Waals surface area contributed by atoms with E-state index in [1.165, 1.54) is 7.05 Å². The molecule has 1 N–H and O–H groups in total. The molecule has 1 aromatic carbocycles. The molecule has 124 valence electrons. The van der Waals surface area contributed by atoms with Crippen molar-refractivity contribution in [1.29, 1.82) is 0 Å². The van der Waals surface area contributed by atoms with E-state index in [1.54, 1.807) is 11.5 Å². The molecule has 1 heterocycles. The second kappa shape index (κ2) is 6.91. The van der Waals surface area contributed by atoms with E-state index in [9.17, 15) is 13.2 Å². The molecule has 0 aliphatic carbocycles. The van der Waals surface area contributed by atoms with Gasteiger partial charge in [-0.05, 0) is 31.9 Å². The highest BCUT2D eigenvalue weighted by atomic mass is 32.2. The van der Waals surface area contributed by atoms with Crippen molar-refractivity contribution in [1.82, 2.24) is 20.1 Å². The largest absolute Gasteiger partial charge is 0.359 e. The van der Waals surface area contributed by atoms with Gasteiger partial charge in [0.15, 0.2) is 0 Å². The van der Waals surface area contributed by atoms with Crippen molar-refractivity contribution < 1.29 is 13.2 Å². The van der Waals surface area contributed by atoms with Gasteiger partial charge in [-0.15, -0.1) is 10.2 Å². The van der Waals surface area contributed by atoms with Crippen molar-refractivity contribution >= 4 is 15.7 Å². The Morgan fingerprint density at radius 1 is 1.22 bits per heavy atom. The molecule has 0 atom stereocenters. The van der Waals surface area contributed by atoms with Crippen LogP contribution >= 0.6 is 0 Å². The van der Waals surface area contributed by atoms with Gasteiger partial charge in [-0.2, -0.15) is 0 Å². The van der Waals surface area contributed by atoms with Crippen LogP contribution in [-0.2, 0) is 14.6 Å². The quantitative estimate of drug-likeness (QED) is 0.855. The van der Waals surface area contributed by atoms with Crippen molar-refractivity contribution in [3.63, 3.8) is 0 Å². The molecule has 23 heavy (non-hydrogen) atoms.